The van der Waals surface area contributed by atoms with Gasteiger partial charge >= 0.3 is 0 Å². The van der Waals surface area contributed by atoms with Crippen molar-refractivity contribution in [2.75, 3.05) is 7.11 Å². The molecule has 2 rings (SSSR count). The third-order valence-corrected chi connectivity index (χ3v) is 2.96. The van der Waals surface area contributed by atoms with Crippen molar-refractivity contribution in [3.05, 3.63) is 46.2 Å². The molecule has 84 valence electrons. The van der Waals surface area contributed by atoms with Crippen molar-refractivity contribution in [3.8, 4) is 5.75 Å². The van der Waals surface area contributed by atoms with Gasteiger partial charge < -0.3 is 9.72 Å². The summed E-state index contributed by atoms with van der Waals surface area (Å²) < 4.78 is 19.0. The molecule has 0 spiro atoms. The Hall–Kier alpha value is -1.36. The lowest BCUT2D eigenvalue weighted by molar-refractivity contribution is 0.409. The highest BCUT2D eigenvalue weighted by Crippen LogP contribution is 2.24. The van der Waals surface area contributed by atoms with Crippen molar-refractivity contribution in [1.29, 1.82) is 0 Å². The van der Waals surface area contributed by atoms with Crippen molar-refractivity contribution in [1.82, 2.24) is 9.97 Å². The number of halogens is 2. The molecule has 1 heterocycles. The summed E-state index contributed by atoms with van der Waals surface area (Å²) in [5.74, 6) is 0.398. The van der Waals surface area contributed by atoms with Gasteiger partial charge in [-0.25, -0.2) is 9.37 Å². The van der Waals surface area contributed by atoms with Crippen LogP contribution in [0, 0.1) is 5.82 Å². The maximum Gasteiger partial charge on any atom is 0.127 e. The van der Waals surface area contributed by atoms with Crippen LogP contribution in [-0.4, -0.2) is 17.1 Å². The number of hydrogen-bond acceptors (Lipinski definition) is 2. The van der Waals surface area contributed by atoms with Gasteiger partial charge in [-0.1, -0.05) is 0 Å². The van der Waals surface area contributed by atoms with E-state index in [2.05, 4.69) is 25.9 Å². The van der Waals surface area contributed by atoms with Gasteiger partial charge in [0, 0.05) is 12.0 Å². The summed E-state index contributed by atoms with van der Waals surface area (Å²) in [4.78, 5) is 7.01. The molecule has 16 heavy (non-hydrogen) atoms. The normalized spacial score (nSPS) is 10.4. The van der Waals surface area contributed by atoms with Crippen LogP contribution in [0.4, 0.5) is 4.39 Å². The van der Waals surface area contributed by atoms with Crippen LogP contribution in [0.5, 0.6) is 5.75 Å². The van der Waals surface area contributed by atoms with E-state index in [0.717, 1.165) is 15.9 Å². The second kappa shape index (κ2) is 4.65. The molecule has 1 N–H and O–H groups in total. The molecule has 1 aromatic carbocycles. The molecule has 0 radical (unpaired) electrons. The van der Waals surface area contributed by atoms with Crippen molar-refractivity contribution in [3.63, 3.8) is 0 Å². The predicted molar refractivity (Wildman–Crippen MR) is 62.0 cm³/mol. The van der Waals surface area contributed by atoms with E-state index in [-0.39, 0.29) is 5.82 Å². The quantitative estimate of drug-likeness (QED) is 0.941. The Bertz CT molecular complexity index is 498. The Balaban J connectivity index is 2.33. The molecule has 0 amide bonds. The molecular weight excluding hydrogens is 275 g/mol. The summed E-state index contributed by atoms with van der Waals surface area (Å²) in [7, 11) is 1.57. The number of nitrogens with zero attached hydrogens (tertiary/aromatic N) is 1. The van der Waals surface area contributed by atoms with Crippen LogP contribution in [0.25, 0.3) is 0 Å². The molecule has 0 aliphatic rings. The zero-order valence-corrected chi connectivity index (χ0v) is 10.2. The van der Waals surface area contributed by atoms with E-state index in [1.54, 1.807) is 19.5 Å². The first-order chi connectivity index (χ1) is 7.70. The van der Waals surface area contributed by atoms with Crippen LogP contribution >= 0.6 is 15.9 Å². The Morgan fingerprint density at radius 2 is 2.31 bits per heavy atom. The fraction of sp³-hybridized carbons (Fsp3) is 0.182. The maximum absolute atomic E-state index is 13.1. The highest BCUT2D eigenvalue weighted by molar-refractivity contribution is 9.10. The van der Waals surface area contributed by atoms with Crippen molar-refractivity contribution >= 4 is 15.9 Å². The average Bonchev–Trinajstić information content (AvgIpc) is 2.65. The fourth-order valence-electron chi connectivity index (χ4n) is 1.50. The highest BCUT2D eigenvalue weighted by atomic mass is 79.9. The largest absolute Gasteiger partial charge is 0.496 e. The van der Waals surface area contributed by atoms with Gasteiger partial charge in [-0.3, -0.25) is 0 Å². The SMILES string of the molecule is COc1ccc(F)cc1Cc1[nH]cnc1Br. The van der Waals surface area contributed by atoms with E-state index in [9.17, 15) is 4.39 Å². The summed E-state index contributed by atoms with van der Waals surface area (Å²) in [6, 6.07) is 4.46. The molecule has 5 heteroatoms. The number of imidazole rings is 1. The van der Waals surface area contributed by atoms with Crippen LogP contribution in [-0.2, 0) is 6.42 Å². The molecule has 0 bridgehead atoms. The average molecular weight is 285 g/mol. The number of methoxy groups -OCH3 is 1. The molecule has 0 fully saturated rings. The molecule has 0 aliphatic carbocycles. The van der Waals surface area contributed by atoms with Crippen LogP contribution in [0.3, 0.4) is 0 Å². The highest BCUT2D eigenvalue weighted by Gasteiger charge is 2.09. The Labute approximate surface area is 101 Å². The monoisotopic (exact) mass is 284 g/mol. The molecule has 2 aromatic rings. The third kappa shape index (κ3) is 2.24. The molecule has 0 saturated heterocycles. The molecule has 0 saturated carbocycles. The van der Waals surface area contributed by atoms with E-state index < -0.39 is 0 Å². The lowest BCUT2D eigenvalue weighted by atomic mass is 10.1. The van der Waals surface area contributed by atoms with E-state index in [4.69, 9.17) is 4.74 Å². The van der Waals surface area contributed by atoms with E-state index in [1.807, 2.05) is 0 Å². The Morgan fingerprint density at radius 3 is 2.94 bits per heavy atom. The molecule has 1 aromatic heterocycles. The molecule has 3 nitrogen and oxygen atoms in total. The first-order valence-corrected chi connectivity index (χ1v) is 5.50. The summed E-state index contributed by atoms with van der Waals surface area (Å²) in [6.07, 6.45) is 2.13. The van der Waals surface area contributed by atoms with Gasteiger partial charge in [0.15, 0.2) is 0 Å². The summed E-state index contributed by atoms with van der Waals surface area (Å²) in [5.41, 5.74) is 1.68. The first kappa shape index (κ1) is 11.1. The Kier molecular flexibility index (Phi) is 3.24. The number of hydrogen-bond donors (Lipinski definition) is 1. The zero-order chi connectivity index (χ0) is 11.5. The minimum Gasteiger partial charge on any atom is -0.496 e. The van der Waals surface area contributed by atoms with Crippen molar-refractivity contribution in [2.24, 2.45) is 0 Å². The van der Waals surface area contributed by atoms with E-state index in [1.165, 1.54) is 12.1 Å². The van der Waals surface area contributed by atoms with Gasteiger partial charge in [-0.05, 0) is 34.1 Å². The first-order valence-electron chi connectivity index (χ1n) is 4.71. The topological polar surface area (TPSA) is 37.9 Å². The van der Waals surface area contributed by atoms with E-state index >= 15 is 0 Å². The number of nitrogens with one attached hydrogen (secondary N) is 1. The van der Waals surface area contributed by atoms with Gasteiger partial charge in [-0.2, -0.15) is 0 Å². The zero-order valence-electron chi connectivity index (χ0n) is 8.63. The summed E-state index contributed by atoms with van der Waals surface area (Å²) >= 11 is 3.31. The molecule has 0 atom stereocenters. The minimum absolute atomic E-state index is 0.272. The second-order valence-electron chi connectivity index (χ2n) is 3.30. The van der Waals surface area contributed by atoms with Crippen LogP contribution in [0.1, 0.15) is 11.3 Å². The second-order valence-corrected chi connectivity index (χ2v) is 4.06. The van der Waals surface area contributed by atoms with Gasteiger partial charge in [0.25, 0.3) is 0 Å². The number of H-pyrrole nitrogens is 1. The van der Waals surface area contributed by atoms with Gasteiger partial charge in [-0.15, -0.1) is 0 Å². The predicted octanol–water partition coefficient (Wildman–Crippen LogP) is 2.91. The van der Waals surface area contributed by atoms with Crippen molar-refractivity contribution < 1.29 is 9.13 Å². The third-order valence-electron chi connectivity index (χ3n) is 2.28. The van der Waals surface area contributed by atoms with Gasteiger partial charge in [0.2, 0.25) is 0 Å². The summed E-state index contributed by atoms with van der Waals surface area (Å²) in [5, 5.41) is 0. The van der Waals surface area contributed by atoms with Crippen LogP contribution in [0.2, 0.25) is 0 Å². The minimum atomic E-state index is -0.272. The number of ether oxygens (including phenoxy) is 1. The van der Waals surface area contributed by atoms with Gasteiger partial charge in [0.05, 0.1) is 19.1 Å². The van der Waals surface area contributed by atoms with Crippen LogP contribution < -0.4 is 4.74 Å². The number of aromatic nitrogens is 2. The van der Waals surface area contributed by atoms with Crippen LogP contribution in [0.15, 0.2) is 29.1 Å². The van der Waals surface area contributed by atoms with Gasteiger partial charge in [0.1, 0.15) is 16.2 Å². The Morgan fingerprint density at radius 1 is 1.50 bits per heavy atom. The van der Waals surface area contributed by atoms with E-state index in [0.29, 0.717) is 12.2 Å². The molecular formula is C11H10BrFN2O. The standard InChI is InChI=1S/C11H10BrFN2O/c1-16-10-3-2-8(13)4-7(10)5-9-11(12)15-6-14-9/h2-4,6H,5H2,1H3,(H,14,15). The number of aromatic amines is 1. The lowest BCUT2D eigenvalue weighted by Gasteiger charge is -2.07. The molecule has 0 unspecified atom stereocenters. The number of rotatable bonds is 3. The fourth-order valence-corrected chi connectivity index (χ4v) is 1.86. The maximum atomic E-state index is 13.1. The lowest BCUT2D eigenvalue weighted by Crippen LogP contribution is -1.95. The number of benzene rings is 1. The smallest absolute Gasteiger partial charge is 0.127 e. The van der Waals surface area contributed by atoms with Crippen molar-refractivity contribution in [2.45, 2.75) is 6.42 Å². The summed E-state index contributed by atoms with van der Waals surface area (Å²) in [6.45, 7) is 0. The molecule has 0 aliphatic heterocycles.